The van der Waals surface area contributed by atoms with Crippen molar-refractivity contribution in [3.05, 3.63) is 129 Å². The zero-order chi connectivity index (χ0) is 29.7. The van der Waals surface area contributed by atoms with Gasteiger partial charge in [0.15, 0.2) is 0 Å². The van der Waals surface area contributed by atoms with Gasteiger partial charge in [-0.2, -0.15) is 0 Å². The maximum absolute atomic E-state index is 4.92. The summed E-state index contributed by atoms with van der Waals surface area (Å²) in [5, 5.41) is 0. The van der Waals surface area contributed by atoms with E-state index >= 15 is 0 Å². The summed E-state index contributed by atoms with van der Waals surface area (Å²) < 4.78 is 0. The molecule has 3 aromatic carbocycles. The summed E-state index contributed by atoms with van der Waals surface area (Å²) >= 11 is 0. The molecule has 1 aromatic heterocycles. The van der Waals surface area contributed by atoms with Crippen LogP contribution in [-0.4, -0.2) is 4.98 Å². The van der Waals surface area contributed by atoms with E-state index in [9.17, 15) is 0 Å². The third-order valence-electron chi connectivity index (χ3n) is 11.5. The topological polar surface area (TPSA) is 12.9 Å². The zero-order valence-electron chi connectivity index (χ0n) is 27.0. The Kier molecular flexibility index (Phi) is 6.89. The normalized spacial score (nSPS) is 19.9. The number of nitrogens with zero attached hydrogens (tertiary/aromatic N) is 1. The second kappa shape index (κ2) is 10.2. The number of benzene rings is 3. The first kappa shape index (κ1) is 29.6. The molecule has 0 spiro atoms. The SMILES string of the molecule is CC1(C)C2=C(CCC(c3ccc4c(c3)C(C)(C)c3ccccc3-4)=C2)C(C)(C)c2cc(-c3cc4c(cn3)CCCC4)[c-]cc21.[Ir]. The summed E-state index contributed by atoms with van der Waals surface area (Å²) in [6.45, 7) is 14.5. The Morgan fingerprint density at radius 3 is 2.23 bits per heavy atom. The number of pyridine rings is 1. The van der Waals surface area contributed by atoms with Crippen LogP contribution >= 0.6 is 0 Å². The molecule has 1 nitrogen and oxygen atoms in total. The molecule has 44 heavy (non-hydrogen) atoms. The molecule has 2 heteroatoms. The van der Waals surface area contributed by atoms with Gasteiger partial charge < -0.3 is 4.98 Å². The van der Waals surface area contributed by atoms with Crippen molar-refractivity contribution in [2.24, 2.45) is 0 Å². The molecule has 0 atom stereocenters. The van der Waals surface area contributed by atoms with E-state index < -0.39 is 0 Å². The minimum atomic E-state index is -0.0869. The molecular formula is C42H42IrN-. The van der Waals surface area contributed by atoms with Gasteiger partial charge in [0.05, 0.1) is 0 Å². The molecule has 4 aliphatic carbocycles. The van der Waals surface area contributed by atoms with Crippen LogP contribution in [0.25, 0.3) is 28.0 Å². The molecule has 0 amide bonds. The standard InChI is InChI=1S/C42H42N.Ir/c1-40(2)33-14-10-9-13-31(33)32-18-15-27(21-36(32)40)28-16-19-34-37(22-28)41(3,4)35-20-17-29(23-38(35)42(34,5)6)39-24-26-11-7-8-12-30(26)25-43-39;/h9-10,13-15,18,20-25H,7-8,11-12,16,19H2,1-6H3;/q-1;. The fourth-order valence-electron chi connectivity index (χ4n) is 8.81. The van der Waals surface area contributed by atoms with Crippen LogP contribution in [0.4, 0.5) is 0 Å². The van der Waals surface area contributed by atoms with Crippen LogP contribution < -0.4 is 0 Å². The number of hydrogen-bond acceptors (Lipinski definition) is 1. The van der Waals surface area contributed by atoms with E-state index in [0.29, 0.717) is 0 Å². The predicted molar refractivity (Wildman–Crippen MR) is 179 cm³/mol. The van der Waals surface area contributed by atoms with E-state index in [1.165, 1.54) is 86.9 Å². The molecule has 4 aromatic rings. The molecule has 1 radical (unpaired) electrons. The Morgan fingerprint density at radius 1 is 0.659 bits per heavy atom. The van der Waals surface area contributed by atoms with Crippen LogP contribution in [0.3, 0.4) is 0 Å². The second-order valence-electron chi connectivity index (χ2n) is 15.0. The Labute approximate surface area is 277 Å². The Bertz CT molecular complexity index is 1900. The Balaban J connectivity index is 0.00000312. The van der Waals surface area contributed by atoms with E-state index in [2.05, 4.69) is 121 Å². The van der Waals surface area contributed by atoms with E-state index in [0.717, 1.165) is 24.1 Å². The maximum atomic E-state index is 4.92. The summed E-state index contributed by atoms with van der Waals surface area (Å²) in [6, 6.07) is 26.9. The fourth-order valence-corrected chi connectivity index (χ4v) is 8.81. The largest absolute Gasteiger partial charge is 0.304 e. The van der Waals surface area contributed by atoms with Crippen molar-refractivity contribution >= 4 is 5.57 Å². The quantitative estimate of drug-likeness (QED) is 0.186. The van der Waals surface area contributed by atoms with Gasteiger partial charge >= 0.3 is 0 Å². The van der Waals surface area contributed by atoms with Gasteiger partial charge in [0, 0.05) is 31.7 Å². The van der Waals surface area contributed by atoms with Crippen molar-refractivity contribution in [3.8, 4) is 22.4 Å². The number of aromatic nitrogens is 1. The average Bonchev–Trinajstić information content (AvgIpc) is 3.25. The molecule has 0 bridgehead atoms. The first-order chi connectivity index (χ1) is 20.6. The molecule has 0 saturated carbocycles. The molecule has 1 heterocycles. The zero-order valence-corrected chi connectivity index (χ0v) is 29.3. The maximum Gasteiger partial charge on any atom is 0.0195 e. The van der Waals surface area contributed by atoms with Gasteiger partial charge in [-0.15, -0.1) is 34.9 Å². The van der Waals surface area contributed by atoms with E-state index in [-0.39, 0.29) is 36.4 Å². The minimum Gasteiger partial charge on any atom is -0.304 e. The molecule has 8 rings (SSSR count). The Hall–Kier alpha value is -3.06. The van der Waals surface area contributed by atoms with Crippen LogP contribution in [-0.2, 0) is 49.2 Å². The number of allylic oxidation sites excluding steroid dienone is 4. The van der Waals surface area contributed by atoms with Gasteiger partial charge in [0.1, 0.15) is 0 Å². The fraction of sp³-hybridized carbons (Fsp3) is 0.357. The molecule has 0 saturated heterocycles. The van der Waals surface area contributed by atoms with Crippen molar-refractivity contribution in [3.63, 3.8) is 0 Å². The summed E-state index contributed by atoms with van der Waals surface area (Å²) in [5.74, 6) is 0. The van der Waals surface area contributed by atoms with Gasteiger partial charge in [0.25, 0.3) is 0 Å². The first-order valence-corrected chi connectivity index (χ1v) is 16.3. The van der Waals surface area contributed by atoms with E-state index in [4.69, 9.17) is 4.98 Å². The van der Waals surface area contributed by atoms with Gasteiger partial charge in [0.2, 0.25) is 0 Å². The molecule has 0 N–H and O–H groups in total. The van der Waals surface area contributed by atoms with Gasteiger partial charge in [-0.05, 0) is 106 Å². The van der Waals surface area contributed by atoms with Crippen LogP contribution in [0.5, 0.6) is 0 Å². The minimum absolute atomic E-state index is 0. The van der Waals surface area contributed by atoms with Crippen molar-refractivity contribution in [2.45, 2.75) is 96.3 Å². The van der Waals surface area contributed by atoms with Crippen molar-refractivity contribution in [2.75, 3.05) is 0 Å². The van der Waals surface area contributed by atoms with Crippen molar-refractivity contribution in [1.82, 2.24) is 4.98 Å². The van der Waals surface area contributed by atoms with Crippen LogP contribution in [0.2, 0.25) is 0 Å². The molecule has 0 unspecified atom stereocenters. The summed E-state index contributed by atoms with van der Waals surface area (Å²) in [4.78, 5) is 4.92. The first-order valence-electron chi connectivity index (χ1n) is 16.3. The number of hydrogen-bond donors (Lipinski definition) is 0. The second-order valence-corrected chi connectivity index (χ2v) is 15.0. The average molecular weight is 753 g/mol. The van der Waals surface area contributed by atoms with Gasteiger partial charge in [-0.1, -0.05) is 101 Å². The molecular weight excluding hydrogens is 711 g/mol. The van der Waals surface area contributed by atoms with Crippen molar-refractivity contribution in [1.29, 1.82) is 0 Å². The summed E-state index contributed by atoms with van der Waals surface area (Å²) in [7, 11) is 0. The van der Waals surface area contributed by atoms with Crippen molar-refractivity contribution < 1.29 is 20.1 Å². The smallest absolute Gasteiger partial charge is 0.0195 e. The van der Waals surface area contributed by atoms with E-state index in [1.54, 1.807) is 5.57 Å². The summed E-state index contributed by atoms with van der Waals surface area (Å²) in [6.07, 6.45) is 11.8. The number of fused-ring (bicyclic) bond motifs is 5. The van der Waals surface area contributed by atoms with Crippen LogP contribution in [0, 0.1) is 6.07 Å². The predicted octanol–water partition coefficient (Wildman–Crippen LogP) is 10.5. The molecule has 0 fully saturated rings. The molecule has 4 aliphatic rings. The molecule has 0 aliphatic heterocycles. The monoisotopic (exact) mass is 753 g/mol. The Morgan fingerprint density at radius 2 is 1.41 bits per heavy atom. The number of aryl methyl sites for hydroxylation is 2. The van der Waals surface area contributed by atoms with Gasteiger partial charge in [-0.25, -0.2) is 0 Å². The third kappa shape index (κ3) is 4.24. The van der Waals surface area contributed by atoms with Crippen LogP contribution in [0.1, 0.15) is 106 Å². The van der Waals surface area contributed by atoms with Gasteiger partial charge in [-0.3, -0.25) is 0 Å². The summed E-state index contributed by atoms with van der Waals surface area (Å²) in [5.41, 5.74) is 19.5. The molecule has 225 valence electrons. The van der Waals surface area contributed by atoms with Crippen LogP contribution in [0.15, 0.2) is 84.1 Å². The van der Waals surface area contributed by atoms with E-state index in [1.807, 2.05) is 0 Å². The number of rotatable bonds is 2. The third-order valence-corrected chi connectivity index (χ3v) is 11.5.